The first-order valence-electron chi connectivity index (χ1n) is 11.4. The lowest BCUT2D eigenvalue weighted by molar-refractivity contribution is 0.0697. The predicted octanol–water partition coefficient (Wildman–Crippen LogP) is 5.32. The van der Waals surface area contributed by atoms with Gasteiger partial charge in [0.1, 0.15) is 22.6 Å². The number of benzene rings is 3. The van der Waals surface area contributed by atoms with Crippen LogP contribution in [0.4, 0.5) is 0 Å². The Morgan fingerprint density at radius 2 is 1.63 bits per heavy atom. The zero-order valence-corrected chi connectivity index (χ0v) is 19.4. The Morgan fingerprint density at radius 3 is 2.31 bits per heavy atom. The molecule has 5 rings (SSSR count). The molecule has 0 amide bonds. The van der Waals surface area contributed by atoms with E-state index in [4.69, 9.17) is 4.98 Å². The Morgan fingerprint density at radius 1 is 0.943 bits per heavy atom. The van der Waals surface area contributed by atoms with E-state index in [1.165, 1.54) is 0 Å². The number of aromatic carboxylic acids is 1. The summed E-state index contributed by atoms with van der Waals surface area (Å²) in [6.45, 7) is 4.55. The molecule has 35 heavy (non-hydrogen) atoms. The van der Waals surface area contributed by atoms with Crippen molar-refractivity contribution in [3.8, 4) is 22.4 Å². The van der Waals surface area contributed by atoms with Crippen molar-refractivity contribution in [3.63, 3.8) is 0 Å². The third-order valence-corrected chi connectivity index (χ3v) is 6.03. The van der Waals surface area contributed by atoms with E-state index in [0.29, 0.717) is 28.8 Å². The highest BCUT2D eigenvalue weighted by Crippen LogP contribution is 2.29. The second-order valence-electron chi connectivity index (χ2n) is 8.72. The lowest BCUT2D eigenvalue weighted by atomic mass is 9.98. The highest BCUT2D eigenvalue weighted by molar-refractivity contribution is 5.96. The van der Waals surface area contributed by atoms with Gasteiger partial charge in [-0.05, 0) is 22.8 Å². The zero-order valence-electron chi connectivity index (χ0n) is 19.4. The second kappa shape index (κ2) is 9.02. The molecular formula is C28H24N4O3. The number of carboxylic acid groups (broad SMARTS) is 1. The van der Waals surface area contributed by atoms with Crippen LogP contribution in [-0.4, -0.2) is 30.8 Å². The lowest BCUT2D eigenvalue weighted by Gasteiger charge is -2.12. The topological polar surface area (TPSA) is 101 Å². The molecule has 5 aromatic rings. The van der Waals surface area contributed by atoms with Crippen LogP contribution in [0.5, 0.6) is 0 Å². The molecule has 0 aliphatic carbocycles. The van der Waals surface area contributed by atoms with Crippen LogP contribution in [-0.2, 0) is 6.54 Å². The number of imidazole rings is 1. The van der Waals surface area contributed by atoms with Crippen molar-refractivity contribution in [3.05, 3.63) is 106 Å². The normalized spacial score (nSPS) is 11.3. The fourth-order valence-corrected chi connectivity index (χ4v) is 4.37. The Bertz CT molecular complexity index is 1580. The molecule has 0 atom stereocenters. The summed E-state index contributed by atoms with van der Waals surface area (Å²) in [6.07, 6.45) is 0. The molecule has 0 saturated carbocycles. The summed E-state index contributed by atoms with van der Waals surface area (Å²) in [5.41, 5.74) is 5.02. The standard InChI is InChI=1S/C28H24N4O3/c1-17(2)26-29-24-23(20-8-4-3-5-9-20)30-31-27(33)25(24)32(26)16-18-12-14-19(15-13-18)21-10-6-7-11-22(21)28(34)35/h3-15,17H,16H2,1-2H3,(H,31,33)(H,34,35). The molecule has 0 fully saturated rings. The number of carboxylic acids is 1. The molecule has 0 saturated heterocycles. The van der Waals surface area contributed by atoms with E-state index in [0.717, 1.165) is 22.5 Å². The van der Waals surface area contributed by atoms with Gasteiger partial charge in [0.25, 0.3) is 5.56 Å². The molecule has 0 aliphatic heterocycles. The highest BCUT2D eigenvalue weighted by atomic mass is 16.4. The van der Waals surface area contributed by atoms with Gasteiger partial charge in [0, 0.05) is 18.0 Å². The van der Waals surface area contributed by atoms with Gasteiger partial charge < -0.3 is 9.67 Å². The van der Waals surface area contributed by atoms with Crippen molar-refractivity contribution >= 4 is 17.0 Å². The molecule has 0 spiro atoms. The summed E-state index contributed by atoms with van der Waals surface area (Å²) in [5, 5.41) is 16.5. The second-order valence-corrected chi connectivity index (χ2v) is 8.72. The molecule has 7 heteroatoms. The third-order valence-electron chi connectivity index (χ3n) is 6.03. The lowest BCUT2D eigenvalue weighted by Crippen LogP contribution is -2.15. The van der Waals surface area contributed by atoms with Crippen LogP contribution in [0.2, 0.25) is 0 Å². The van der Waals surface area contributed by atoms with Crippen molar-refractivity contribution in [2.75, 3.05) is 0 Å². The van der Waals surface area contributed by atoms with Crippen LogP contribution in [0, 0.1) is 0 Å². The number of H-pyrrole nitrogens is 1. The molecular weight excluding hydrogens is 440 g/mol. The maximum atomic E-state index is 12.9. The molecule has 2 aromatic heterocycles. The van der Waals surface area contributed by atoms with Gasteiger partial charge in [-0.1, -0.05) is 86.6 Å². The average Bonchev–Trinajstić information content (AvgIpc) is 3.25. The summed E-state index contributed by atoms with van der Waals surface area (Å²) in [4.78, 5) is 29.4. The van der Waals surface area contributed by atoms with Crippen molar-refractivity contribution in [2.24, 2.45) is 0 Å². The van der Waals surface area contributed by atoms with Crippen LogP contribution in [0.3, 0.4) is 0 Å². The Hall–Kier alpha value is -4.52. The minimum Gasteiger partial charge on any atom is -0.478 e. The largest absolute Gasteiger partial charge is 0.478 e. The van der Waals surface area contributed by atoms with Gasteiger partial charge in [-0.3, -0.25) is 4.79 Å². The van der Waals surface area contributed by atoms with Gasteiger partial charge >= 0.3 is 5.97 Å². The van der Waals surface area contributed by atoms with Crippen molar-refractivity contribution < 1.29 is 9.90 Å². The number of nitrogens with zero attached hydrogens (tertiary/aromatic N) is 3. The summed E-state index contributed by atoms with van der Waals surface area (Å²) in [6, 6.07) is 24.4. The minimum absolute atomic E-state index is 0.0899. The number of carbonyl (C=O) groups is 1. The van der Waals surface area contributed by atoms with Crippen LogP contribution in [0.15, 0.2) is 83.7 Å². The van der Waals surface area contributed by atoms with Crippen molar-refractivity contribution in [1.29, 1.82) is 0 Å². The fourth-order valence-electron chi connectivity index (χ4n) is 4.37. The van der Waals surface area contributed by atoms with Gasteiger partial charge in [0.05, 0.1) is 5.56 Å². The SMILES string of the molecule is CC(C)c1nc2c(-c3ccccc3)n[nH]c(=O)c2n1Cc1ccc(-c2ccccc2C(=O)O)cc1. The van der Waals surface area contributed by atoms with E-state index in [-0.39, 0.29) is 17.0 Å². The average molecular weight is 465 g/mol. The minimum atomic E-state index is -0.960. The summed E-state index contributed by atoms with van der Waals surface area (Å²) < 4.78 is 1.95. The first kappa shape index (κ1) is 22.3. The first-order chi connectivity index (χ1) is 16.9. The van der Waals surface area contributed by atoms with Gasteiger partial charge in [0.15, 0.2) is 0 Å². The Balaban J connectivity index is 1.59. The van der Waals surface area contributed by atoms with E-state index in [2.05, 4.69) is 10.2 Å². The summed E-state index contributed by atoms with van der Waals surface area (Å²) in [7, 11) is 0. The molecule has 174 valence electrons. The molecule has 0 bridgehead atoms. The number of hydrogen-bond acceptors (Lipinski definition) is 4. The van der Waals surface area contributed by atoms with E-state index < -0.39 is 5.97 Å². The van der Waals surface area contributed by atoms with Gasteiger partial charge in [-0.25, -0.2) is 14.9 Å². The number of nitrogens with one attached hydrogen (secondary N) is 1. The maximum absolute atomic E-state index is 12.9. The van der Waals surface area contributed by atoms with Crippen molar-refractivity contribution in [2.45, 2.75) is 26.3 Å². The zero-order chi connectivity index (χ0) is 24.5. The van der Waals surface area contributed by atoms with Crippen LogP contribution in [0.25, 0.3) is 33.4 Å². The highest BCUT2D eigenvalue weighted by Gasteiger charge is 2.21. The maximum Gasteiger partial charge on any atom is 0.336 e. The number of aromatic nitrogens is 4. The number of rotatable bonds is 6. The third kappa shape index (κ3) is 4.12. The van der Waals surface area contributed by atoms with E-state index in [1.54, 1.807) is 18.2 Å². The van der Waals surface area contributed by atoms with E-state index in [9.17, 15) is 14.7 Å². The van der Waals surface area contributed by atoms with E-state index in [1.807, 2.05) is 79.1 Å². The summed E-state index contributed by atoms with van der Waals surface area (Å²) in [5.74, 6) is -0.0682. The quantitative estimate of drug-likeness (QED) is 0.354. The molecule has 0 unspecified atom stereocenters. The monoisotopic (exact) mass is 464 g/mol. The number of aromatic amines is 1. The Kier molecular flexibility index (Phi) is 5.74. The van der Waals surface area contributed by atoms with E-state index >= 15 is 0 Å². The van der Waals surface area contributed by atoms with Gasteiger partial charge in [-0.15, -0.1) is 0 Å². The number of fused-ring (bicyclic) bond motifs is 1. The number of hydrogen-bond donors (Lipinski definition) is 2. The van der Waals surface area contributed by atoms with Gasteiger partial charge in [0.2, 0.25) is 0 Å². The molecule has 0 aliphatic rings. The Labute approximate surface area is 201 Å². The summed E-state index contributed by atoms with van der Waals surface area (Å²) >= 11 is 0. The van der Waals surface area contributed by atoms with Crippen LogP contribution >= 0.6 is 0 Å². The predicted molar refractivity (Wildman–Crippen MR) is 136 cm³/mol. The molecule has 2 N–H and O–H groups in total. The first-order valence-corrected chi connectivity index (χ1v) is 11.4. The van der Waals surface area contributed by atoms with Crippen LogP contribution in [0.1, 0.15) is 41.5 Å². The molecule has 0 radical (unpaired) electrons. The molecule has 7 nitrogen and oxygen atoms in total. The van der Waals surface area contributed by atoms with Crippen molar-refractivity contribution in [1.82, 2.24) is 19.7 Å². The fraction of sp³-hybridized carbons (Fsp3) is 0.143. The molecule has 3 aromatic carbocycles. The smallest absolute Gasteiger partial charge is 0.336 e. The van der Waals surface area contributed by atoms with Crippen LogP contribution < -0.4 is 5.56 Å². The van der Waals surface area contributed by atoms with Gasteiger partial charge in [-0.2, -0.15) is 5.10 Å². The molecule has 2 heterocycles.